The average molecular weight is 221 g/mol. The number of thioether (sulfide) groups is 1. The van der Waals surface area contributed by atoms with Crippen LogP contribution in [0.2, 0.25) is 0 Å². The fourth-order valence-electron chi connectivity index (χ4n) is 1.55. The largest absolute Gasteiger partial charge is 0.264 e. The Kier molecular flexibility index (Phi) is 2.99. The standard InChI is InChI=1S/C11H11NS2/c1-2-9-10(13)7-14-11(9)8-4-3-5-12-6-8/h3-6H,2,7H2,1H3. The molecule has 0 saturated carbocycles. The van der Waals surface area contributed by atoms with Gasteiger partial charge in [0, 0.05) is 33.5 Å². The van der Waals surface area contributed by atoms with Crippen LogP contribution < -0.4 is 0 Å². The lowest BCUT2D eigenvalue weighted by Crippen LogP contribution is -1.95. The second-order valence-electron chi connectivity index (χ2n) is 3.11. The van der Waals surface area contributed by atoms with E-state index in [1.807, 2.05) is 24.0 Å². The van der Waals surface area contributed by atoms with Crippen molar-refractivity contribution in [3.05, 3.63) is 35.7 Å². The van der Waals surface area contributed by atoms with E-state index < -0.39 is 0 Å². The van der Waals surface area contributed by atoms with Crippen LogP contribution >= 0.6 is 24.0 Å². The van der Waals surface area contributed by atoms with Crippen molar-refractivity contribution in [3.63, 3.8) is 0 Å². The lowest BCUT2D eigenvalue weighted by atomic mass is 10.1. The van der Waals surface area contributed by atoms with Crippen molar-refractivity contribution in [2.24, 2.45) is 0 Å². The maximum Gasteiger partial charge on any atom is 0.0351 e. The molecule has 1 nitrogen and oxygen atoms in total. The van der Waals surface area contributed by atoms with Crippen LogP contribution in [0.4, 0.5) is 0 Å². The van der Waals surface area contributed by atoms with Crippen molar-refractivity contribution in [3.8, 4) is 0 Å². The van der Waals surface area contributed by atoms with Crippen LogP contribution in [0.15, 0.2) is 30.1 Å². The highest BCUT2D eigenvalue weighted by Crippen LogP contribution is 2.38. The molecule has 0 saturated heterocycles. The predicted octanol–water partition coefficient (Wildman–Crippen LogP) is 3.32. The first kappa shape index (κ1) is 9.87. The fourth-order valence-corrected chi connectivity index (χ4v) is 3.22. The molecule has 2 heterocycles. The van der Waals surface area contributed by atoms with Crippen molar-refractivity contribution in [1.82, 2.24) is 4.98 Å². The molecule has 1 aromatic rings. The third-order valence-corrected chi connectivity index (χ3v) is 4.01. The smallest absolute Gasteiger partial charge is 0.0351 e. The summed E-state index contributed by atoms with van der Waals surface area (Å²) in [5.74, 6) is 0.961. The molecule has 0 fully saturated rings. The van der Waals surface area contributed by atoms with Gasteiger partial charge in [-0.25, -0.2) is 0 Å². The van der Waals surface area contributed by atoms with E-state index in [0.29, 0.717) is 0 Å². The van der Waals surface area contributed by atoms with Gasteiger partial charge in [0.15, 0.2) is 0 Å². The Hall–Kier alpha value is -0.670. The summed E-state index contributed by atoms with van der Waals surface area (Å²) in [6.07, 6.45) is 4.73. The lowest BCUT2D eigenvalue weighted by Gasteiger charge is -2.03. The summed E-state index contributed by atoms with van der Waals surface area (Å²) in [4.78, 5) is 6.56. The van der Waals surface area contributed by atoms with Crippen LogP contribution in [0.5, 0.6) is 0 Å². The van der Waals surface area contributed by atoms with Gasteiger partial charge in [-0.1, -0.05) is 25.2 Å². The number of hydrogen-bond acceptors (Lipinski definition) is 3. The van der Waals surface area contributed by atoms with Gasteiger partial charge in [0.05, 0.1) is 0 Å². The molecule has 0 amide bonds. The molecule has 0 bridgehead atoms. The molecule has 2 rings (SSSR count). The molecule has 0 unspecified atom stereocenters. The number of rotatable bonds is 2. The van der Waals surface area contributed by atoms with Gasteiger partial charge >= 0.3 is 0 Å². The molecule has 72 valence electrons. The molecular formula is C11H11NS2. The summed E-state index contributed by atoms with van der Waals surface area (Å²) in [7, 11) is 0. The predicted molar refractivity (Wildman–Crippen MR) is 66.5 cm³/mol. The minimum Gasteiger partial charge on any atom is -0.264 e. The highest BCUT2D eigenvalue weighted by atomic mass is 32.2. The average Bonchev–Trinajstić information content (AvgIpc) is 2.61. The van der Waals surface area contributed by atoms with Crippen LogP contribution in [0.3, 0.4) is 0 Å². The second kappa shape index (κ2) is 4.24. The second-order valence-corrected chi connectivity index (χ2v) is 4.59. The molecule has 0 N–H and O–H groups in total. The number of hydrogen-bond donors (Lipinski definition) is 0. The van der Waals surface area contributed by atoms with Crippen LogP contribution in [-0.4, -0.2) is 15.6 Å². The van der Waals surface area contributed by atoms with E-state index in [-0.39, 0.29) is 0 Å². The molecule has 1 aromatic heterocycles. The number of nitrogens with zero attached hydrogens (tertiary/aromatic N) is 1. The fraction of sp³-hybridized carbons (Fsp3) is 0.273. The van der Waals surface area contributed by atoms with Crippen molar-refractivity contribution in [2.75, 3.05) is 5.75 Å². The van der Waals surface area contributed by atoms with Crippen LogP contribution in [0.1, 0.15) is 18.9 Å². The summed E-state index contributed by atoms with van der Waals surface area (Å²) < 4.78 is 0. The lowest BCUT2D eigenvalue weighted by molar-refractivity contribution is 1.19. The van der Waals surface area contributed by atoms with E-state index >= 15 is 0 Å². The third-order valence-electron chi connectivity index (χ3n) is 2.24. The number of thiocarbonyl (C=S) groups is 1. The summed E-state index contributed by atoms with van der Waals surface area (Å²) in [6.45, 7) is 2.16. The zero-order valence-electron chi connectivity index (χ0n) is 7.99. The Morgan fingerprint density at radius 1 is 1.57 bits per heavy atom. The zero-order chi connectivity index (χ0) is 9.97. The van der Waals surface area contributed by atoms with Crippen LogP contribution in [0, 0.1) is 0 Å². The Labute approximate surface area is 93.6 Å². The van der Waals surface area contributed by atoms with Crippen molar-refractivity contribution in [1.29, 1.82) is 0 Å². The minimum atomic E-state index is 0.961. The first-order valence-electron chi connectivity index (χ1n) is 4.62. The molecule has 0 aromatic carbocycles. The van der Waals surface area contributed by atoms with E-state index in [2.05, 4.69) is 18.0 Å². The highest BCUT2D eigenvalue weighted by molar-refractivity contribution is 8.10. The van der Waals surface area contributed by atoms with Gasteiger partial charge in [-0.05, 0) is 18.1 Å². The van der Waals surface area contributed by atoms with Crippen molar-refractivity contribution >= 4 is 33.7 Å². The summed E-state index contributed by atoms with van der Waals surface area (Å²) in [5.41, 5.74) is 2.53. The monoisotopic (exact) mass is 221 g/mol. The van der Waals surface area contributed by atoms with Crippen molar-refractivity contribution < 1.29 is 0 Å². The maximum atomic E-state index is 5.32. The van der Waals surface area contributed by atoms with E-state index in [1.54, 1.807) is 6.20 Å². The molecular weight excluding hydrogens is 210 g/mol. The van der Waals surface area contributed by atoms with Gasteiger partial charge in [-0.2, -0.15) is 0 Å². The molecule has 0 spiro atoms. The number of aromatic nitrogens is 1. The molecule has 14 heavy (non-hydrogen) atoms. The summed E-state index contributed by atoms with van der Waals surface area (Å²) in [6, 6.07) is 4.07. The van der Waals surface area contributed by atoms with Crippen LogP contribution in [0.25, 0.3) is 4.91 Å². The van der Waals surface area contributed by atoms with Gasteiger partial charge in [-0.15, -0.1) is 11.8 Å². The Morgan fingerprint density at radius 2 is 2.43 bits per heavy atom. The van der Waals surface area contributed by atoms with Gasteiger partial charge in [0.25, 0.3) is 0 Å². The zero-order valence-corrected chi connectivity index (χ0v) is 9.62. The van der Waals surface area contributed by atoms with E-state index in [4.69, 9.17) is 12.2 Å². The molecule has 0 atom stereocenters. The van der Waals surface area contributed by atoms with Gasteiger partial charge in [-0.3, -0.25) is 4.98 Å². The van der Waals surface area contributed by atoms with Crippen LogP contribution in [-0.2, 0) is 0 Å². The molecule has 1 aliphatic rings. The van der Waals surface area contributed by atoms with E-state index in [1.165, 1.54) is 16.0 Å². The molecule has 0 aliphatic carbocycles. The number of allylic oxidation sites excluding steroid dienone is 1. The van der Waals surface area contributed by atoms with Crippen molar-refractivity contribution in [2.45, 2.75) is 13.3 Å². The van der Waals surface area contributed by atoms with Gasteiger partial charge < -0.3 is 0 Å². The van der Waals surface area contributed by atoms with Gasteiger partial charge in [0.1, 0.15) is 0 Å². The molecule has 3 heteroatoms. The third kappa shape index (κ3) is 1.74. The van der Waals surface area contributed by atoms with Gasteiger partial charge in [0.2, 0.25) is 0 Å². The first-order valence-corrected chi connectivity index (χ1v) is 6.02. The number of pyridine rings is 1. The SMILES string of the molecule is CCC1=C(c2cccnc2)SCC1=S. The van der Waals surface area contributed by atoms with E-state index in [0.717, 1.165) is 17.0 Å². The Balaban J connectivity index is 2.44. The summed E-state index contributed by atoms with van der Waals surface area (Å²) >= 11 is 7.15. The Bertz CT molecular complexity index is 382. The highest BCUT2D eigenvalue weighted by Gasteiger charge is 2.19. The molecule has 0 radical (unpaired) electrons. The van der Waals surface area contributed by atoms with E-state index in [9.17, 15) is 0 Å². The molecule has 1 aliphatic heterocycles. The topological polar surface area (TPSA) is 12.9 Å². The Morgan fingerprint density at radius 3 is 3.07 bits per heavy atom. The first-order chi connectivity index (χ1) is 6.83. The summed E-state index contributed by atoms with van der Waals surface area (Å²) in [5, 5.41) is 0. The normalized spacial score (nSPS) is 16.5. The quantitative estimate of drug-likeness (QED) is 0.711. The minimum absolute atomic E-state index is 0.961. The maximum absolute atomic E-state index is 5.32.